The molecule has 0 unspecified atom stereocenters. The molecule has 0 fully saturated rings. The molecular formula is C5H9NO. The molecule has 0 aromatic rings. The number of rotatable bonds is 2. The molecule has 7 heavy (non-hydrogen) atoms. The monoisotopic (exact) mass is 99.1 g/mol. The lowest BCUT2D eigenvalue weighted by atomic mass is 10.3. The van der Waals surface area contributed by atoms with Crippen molar-refractivity contribution in [2.45, 2.75) is 13.3 Å². The molecule has 0 aliphatic heterocycles. The minimum Gasteiger partial charge on any atom is -0.293 e. The average molecular weight is 99.1 g/mol. The summed E-state index contributed by atoms with van der Waals surface area (Å²) in [6.07, 6.45) is 1.89. The fourth-order valence-corrected chi connectivity index (χ4v) is 0.235. The van der Waals surface area contributed by atoms with Gasteiger partial charge in [0.1, 0.15) is 0 Å². The summed E-state index contributed by atoms with van der Waals surface area (Å²) in [7, 11) is 1.59. The summed E-state index contributed by atoms with van der Waals surface area (Å²) in [5.74, 6) is 0.0856. The Bertz CT molecular complexity index is 86.1. The van der Waals surface area contributed by atoms with Crippen LogP contribution in [0.15, 0.2) is 4.99 Å². The minimum atomic E-state index is 0.0856. The summed E-state index contributed by atoms with van der Waals surface area (Å²) >= 11 is 0. The smallest absolute Gasteiger partial charge is 0.173 e. The third kappa shape index (κ3) is 3.16. The highest BCUT2D eigenvalue weighted by molar-refractivity contribution is 6.27. The van der Waals surface area contributed by atoms with Crippen molar-refractivity contribution in [1.29, 1.82) is 0 Å². The lowest BCUT2D eigenvalue weighted by Gasteiger charge is -1.77. The van der Waals surface area contributed by atoms with Crippen LogP contribution in [0.25, 0.3) is 0 Å². The Hall–Kier alpha value is -0.660. The Labute approximate surface area is 43.3 Å². The van der Waals surface area contributed by atoms with Crippen LogP contribution in [-0.2, 0) is 4.79 Å². The summed E-state index contributed by atoms with van der Waals surface area (Å²) in [6, 6.07) is 0. The first-order valence-corrected chi connectivity index (χ1v) is 2.26. The predicted octanol–water partition coefficient (Wildman–Crippen LogP) is 0.666. The van der Waals surface area contributed by atoms with Gasteiger partial charge in [-0.15, -0.1) is 0 Å². The van der Waals surface area contributed by atoms with E-state index in [1.165, 1.54) is 6.21 Å². The number of carbonyl (C=O) groups is 1. The first-order chi connectivity index (χ1) is 3.31. The zero-order valence-corrected chi connectivity index (χ0v) is 4.64. The van der Waals surface area contributed by atoms with Crippen molar-refractivity contribution in [2.75, 3.05) is 7.05 Å². The Morgan fingerprint density at radius 1 is 1.86 bits per heavy atom. The van der Waals surface area contributed by atoms with E-state index in [1.54, 1.807) is 7.05 Å². The van der Waals surface area contributed by atoms with Gasteiger partial charge in [-0.2, -0.15) is 0 Å². The molecule has 0 atom stereocenters. The van der Waals surface area contributed by atoms with E-state index >= 15 is 0 Å². The van der Waals surface area contributed by atoms with Crippen molar-refractivity contribution in [3.05, 3.63) is 0 Å². The molecule has 0 aliphatic carbocycles. The van der Waals surface area contributed by atoms with E-state index in [2.05, 4.69) is 4.99 Å². The molecular weight excluding hydrogens is 90.1 g/mol. The van der Waals surface area contributed by atoms with Gasteiger partial charge in [0.25, 0.3) is 0 Å². The van der Waals surface area contributed by atoms with Crippen LogP contribution < -0.4 is 0 Å². The summed E-state index contributed by atoms with van der Waals surface area (Å²) in [5.41, 5.74) is 0. The molecule has 0 aliphatic rings. The molecule has 0 rings (SSSR count). The number of Topliss-reactive ketones (excluding diaryl/α,β-unsaturated/α-hetero) is 1. The van der Waals surface area contributed by atoms with E-state index in [0.717, 1.165) is 0 Å². The molecule has 0 saturated carbocycles. The molecule has 2 heteroatoms. The zero-order chi connectivity index (χ0) is 5.70. The van der Waals surface area contributed by atoms with Gasteiger partial charge in [0.15, 0.2) is 5.78 Å². The van der Waals surface area contributed by atoms with Crippen LogP contribution >= 0.6 is 0 Å². The van der Waals surface area contributed by atoms with Gasteiger partial charge >= 0.3 is 0 Å². The van der Waals surface area contributed by atoms with E-state index in [9.17, 15) is 4.79 Å². The first-order valence-electron chi connectivity index (χ1n) is 2.26. The molecule has 0 amide bonds. The van der Waals surface area contributed by atoms with Gasteiger partial charge in [-0.05, 0) is 0 Å². The molecule has 0 heterocycles. The topological polar surface area (TPSA) is 29.4 Å². The van der Waals surface area contributed by atoms with E-state index in [4.69, 9.17) is 0 Å². The second-order valence-electron chi connectivity index (χ2n) is 1.21. The van der Waals surface area contributed by atoms with Crippen molar-refractivity contribution in [3.63, 3.8) is 0 Å². The highest BCUT2D eigenvalue weighted by Gasteiger charge is 1.85. The maximum atomic E-state index is 10.3. The highest BCUT2D eigenvalue weighted by Crippen LogP contribution is 1.72. The van der Waals surface area contributed by atoms with Gasteiger partial charge in [-0.25, -0.2) is 0 Å². The number of hydrogen-bond donors (Lipinski definition) is 0. The van der Waals surface area contributed by atoms with Crippen molar-refractivity contribution < 1.29 is 4.79 Å². The number of ketones is 1. The molecule has 40 valence electrons. The molecule has 0 spiro atoms. The molecule has 0 radical (unpaired) electrons. The number of nitrogens with zero attached hydrogens (tertiary/aromatic N) is 1. The zero-order valence-electron chi connectivity index (χ0n) is 4.64. The Morgan fingerprint density at radius 2 is 2.43 bits per heavy atom. The molecule has 0 N–H and O–H groups in total. The lowest BCUT2D eigenvalue weighted by molar-refractivity contribution is -0.112. The van der Waals surface area contributed by atoms with Crippen LogP contribution in [0.1, 0.15) is 13.3 Å². The predicted molar refractivity (Wildman–Crippen MR) is 29.7 cm³/mol. The summed E-state index contributed by atoms with van der Waals surface area (Å²) < 4.78 is 0. The van der Waals surface area contributed by atoms with Crippen LogP contribution in [0.5, 0.6) is 0 Å². The van der Waals surface area contributed by atoms with Crippen LogP contribution in [0, 0.1) is 0 Å². The molecule has 0 aromatic heterocycles. The van der Waals surface area contributed by atoms with Crippen LogP contribution in [0.3, 0.4) is 0 Å². The fourth-order valence-electron chi connectivity index (χ4n) is 0.235. The maximum Gasteiger partial charge on any atom is 0.173 e. The lowest BCUT2D eigenvalue weighted by Crippen LogP contribution is -1.93. The standard InChI is InChI=1S/C5H9NO/c1-3-5(7)4-6-2/h4H,3H2,1-2H3. The normalized spacial score (nSPS) is 10.0. The van der Waals surface area contributed by atoms with E-state index in [1.807, 2.05) is 6.92 Å². The van der Waals surface area contributed by atoms with Gasteiger partial charge in [-0.1, -0.05) is 6.92 Å². The van der Waals surface area contributed by atoms with Crippen molar-refractivity contribution in [1.82, 2.24) is 0 Å². The second kappa shape index (κ2) is 3.53. The Kier molecular flexibility index (Phi) is 3.19. The fraction of sp³-hybridized carbons (Fsp3) is 0.600. The summed E-state index contributed by atoms with van der Waals surface area (Å²) in [4.78, 5) is 13.8. The van der Waals surface area contributed by atoms with Gasteiger partial charge in [0.05, 0.1) is 6.21 Å². The molecule has 0 saturated heterocycles. The quantitative estimate of drug-likeness (QED) is 0.468. The SMILES string of the molecule is CCC(=O)C=NC. The van der Waals surface area contributed by atoms with Gasteiger partial charge in [0.2, 0.25) is 0 Å². The molecule has 2 nitrogen and oxygen atoms in total. The number of hydrogen-bond acceptors (Lipinski definition) is 2. The van der Waals surface area contributed by atoms with Gasteiger partial charge < -0.3 is 0 Å². The van der Waals surface area contributed by atoms with E-state index in [-0.39, 0.29) is 5.78 Å². The van der Waals surface area contributed by atoms with Gasteiger partial charge in [-0.3, -0.25) is 9.79 Å². The molecule has 0 aromatic carbocycles. The van der Waals surface area contributed by atoms with Gasteiger partial charge in [0, 0.05) is 13.5 Å². The van der Waals surface area contributed by atoms with Crippen LogP contribution in [0.2, 0.25) is 0 Å². The van der Waals surface area contributed by atoms with Crippen molar-refractivity contribution in [3.8, 4) is 0 Å². The van der Waals surface area contributed by atoms with Crippen LogP contribution in [-0.4, -0.2) is 19.0 Å². The average Bonchev–Trinajstić information content (AvgIpc) is 1.68. The maximum absolute atomic E-state index is 10.3. The molecule has 0 bridgehead atoms. The number of aliphatic imine (C=N–C) groups is 1. The van der Waals surface area contributed by atoms with Crippen LogP contribution in [0.4, 0.5) is 0 Å². The van der Waals surface area contributed by atoms with E-state index < -0.39 is 0 Å². The Morgan fingerprint density at radius 3 is 2.57 bits per heavy atom. The highest BCUT2D eigenvalue weighted by atomic mass is 16.1. The first kappa shape index (κ1) is 6.34. The third-order valence-electron chi connectivity index (χ3n) is 0.622. The van der Waals surface area contributed by atoms with Crippen molar-refractivity contribution >= 4 is 12.0 Å². The summed E-state index contributed by atoms with van der Waals surface area (Å²) in [5, 5.41) is 0. The Balaban J connectivity index is 3.37. The van der Waals surface area contributed by atoms with E-state index in [0.29, 0.717) is 6.42 Å². The van der Waals surface area contributed by atoms with Crippen molar-refractivity contribution in [2.24, 2.45) is 4.99 Å². The number of carbonyl (C=O) groups excluding carboxylic acids is 1. The summed E-state index contributed by atoms with van der Waals surface area (Å²) in [6.45, 7) is 1.81. The minimum absolute atomic E-state index is 0.0856. The second-order valence-corrected chi connectivity index (χ2v) is 1.21. The largest absolute Gasteiger partial charge is 0.293 e. The third-order valence-corrected chi connectivity index (χ3v) is 0.622.